The molecule has 3 rings (SSSR count). The highest BCUT2D eigenvalue weighted by Crippen LogP contribution is 2.40. The second kappa shape index (κ2) is 5.73. The van der Waals surface area contributed by atoms with Gasteiger partial charge in [-0.05, 0) is 24.1 Å². The van der Waals surface area contributed by atoms with Crippen LogP contribution in [0.5, 0.6) is 0 Å². The summed E-state index contributed by atoms with van der Waals surface area (Å²) in [4.78, 5) is 0. The lowest BCUT2D eigenvalue weighted by Gasteiger charge is -2.00. The van der Waals surface area contributed by atoms with Crippen LogP contribution in [0, 0.1) is 11.8 Å². The molecule has 0 aromatic heterocycles. The second-order valence-corrected chi connectivity index (χ2v) is 4.91. The quantitative estimate of drug-likeness (QED) is 0.821. The molecule has 2 aromatic carbocycles. The van der Waals surface area contributed by atoms with Gasteiger partial charge in [-0.15, -0.1) is 0 Å². The molecule has 1 nitrogen and oxygen atoms in total. The third-order valence-corrected chi connectivity index (χ3v) is 3.48. The number of benzene rings is 2. The Morgan fingerprint density at radius 3 is 2.37 bits per heavy atom. The van der Waals surface area contributed by atoms with Crippen molar-refractivity contribution in [1.82, 2.24) is 5.32 Å². The summed E-state index contributed by atoms with van der Waals surface area (Å²) in [5, 5.41) is 3.50. The summed E-state index contributed by atoms with van der Waals surface area (Å²) in [6.45, 7) is 0.767. The molecule has 0 bridgehead atoms. The predicted molar refractivity (Wildman–Crippen MR) is 78.9 cm³/mol. The molecule has 0 radical (unpaired) electrons. The summed E-state index contributed by atoms with van der Waals surface area (Å²) >= 11 is 0. The van der Waals surface area contributed by atoms with Gasteiger partial charge in [-0.25, -0.2) is 0 Å². The van der Waals surface area contributed by atoms with Crippen LogP contribution in [-0.4, -0.2) is 12.6 Å². The molecule has 0 aliphatic heterocycles. The molecule has 0 saturated heterocycles. The van der Waals surface area contributed by atoms with E-state index in [1.54, 1.807) is 0 Å². The van der Waals surface area contributed by atoms with Crippen molar-refractivity contribution in [1.29, 1.82) is 0 Å². The Hall–Kier alpha value is -2.04. The van der Waals surface area contributed by atoms with Gasteiger partial charge in [-0.1, -0.05) is 60.4 Å². The van der Waals surface area contributed by atoms with Crippen LogP contribution in [0.4, 0.5) is 0 Å². The largest absolute Gasteiger partial charge is 0.303 e. The fourth-order valence-electron chi connectivity index (χ4n) is 2.34. The molecule has 1 aliphatic carbocycles. The maximum atomic E-state index is 3.50. The Balaban J connectivity index is 1.47. The molecule has 1 aliphatic rings. The molecule has 1 fully saturated rings. The number of nitrogens with one attached hydrogen (secondary N) is 1. The van der Waals surface area contributed by atoms with E-state index < -0.39 is 0 Å². The van der Waals surface area contributed by atoms with Crippen LogP contribution >= 0.6 is 0 Å². The Labute approximate surface area is 114 Å². The maximum absolute atomic E-state index is 3.50. The molecule has 2 atom stereocenters. The number of hydrogen-bond donors (Lipinski definition) is 1. The van der Waals surface area contributed by atoms with E-state index >= 15 is 0 Å². The summed E-state index contributed by atoms with van der Waals surface area (Å²) in [5.41, 5.74) is 2.52. The summed E-state index contributed by atoms with van der Waals surface area (Å²) in [5.74, 6) is 7.03. The van der Waals surface area contributed by atoms with Crippen molar-refractivity contribution in [2.24, 2.45) is 0 Å². The zero-order valence-corrected chi connectivity index (χ0v) is 10.8. The normalized spacial score (nSPS) is 20.4. The first-order chi connectivity index (χ1) is 9.43. The average Bonchev–Trinajstić information content (AvgIpc) is 3.25. The fourth-order valence-corrected chi connectivity index (χ4v) is 2.34. The Bertz CT molecular complexity index is 577. The van der Waals surface area contributed by atoms with Gasteiger partial charge in [0.2, 0.25) is 0 Å². The van der Waals surface area contributed by atoms with Crippen molar-refractivity contribution < 1.29 is 0 Å². The molecule has 0 amide bonds. The van der Waals surface area contributed by atoms with Crippen LogP contribution in [0.3, 0.4) is 0 Å². The zero-order valence-electron chi connectivity index (χ0n) is 10.8. The molecule has 1 N–H and O–H groups in total. The molecule has 1 heteroatoms. The number of rotatable bonds is 3. The standard InChI is InChI=1S/C18H17N/c1-3-8-15(9-4-1)10-7-13-19-18-14-17(18)16-11-5-2-6-12-16/h1-6,8-9,11-12,17-19H,13-14H2. The Morgan fingerprint density at radius 1 is 0.947 bits per heavy atom. The first-order valence-electron chi connectivity index (χ1n) is 6.76. The van der Waals surface area contributed by atoms with Crippen LogP contribution < -0.4 is 5.32 Å². The molecule has 2 aromatic rings. The van der Waals surface area contributed by atoms with Crippen molar-refractivity contribution in [2.75, 3.05) is 6.54 Å². The minimum absolute atomic E-state index is 0.604. The second-order valence-electron chi connectivity index (χ2n) is 4.91. The van der Waals surface area contributed by atoms with Gasteiger partial charge in [-0.2, -0.15) is 0 Å². The summed E-state index contributed by atoms with van der Waals surface area (Å²) in [6, 6.07) is 21.4. The number of hydrogen-bond acceptors (Lipinski definition) is 1. The molecular weight excluding hydrogens is 230 g/mol. The predicted octanol–water partition coefficient (Wildman–Crippen LogP) is 3.18. The molecule has 19 heavy (non-hydrogen) atoms. The summed E-state index contributed by atoms with van der Waals surface area (Å²) in [7, 11) is 0. The van der Waals surface area contributed by atoms with E-state index in [1.165, 1.54) is 12.0 Å². The highest BCUT2D eigenvalue weighted by molar-refractivity contribution is 5.34. The van der Waals surface area contributed by atoms with Crippen LogP contribution in [0.25, 0.3) is 0 Å². The van der Waals surface area contributed by atoms with Gasteiger partial charge >= 0.3 is 0 Å². The van der Waals surface area contributed by atoms with Crippen molar-refractivity contribution in [3.63, 3.8) is 0 Å². The van der Waals surface area contributed by atoms with Gasteiger partial charge in [-0.3, -0.25) is 0 Å². The van der Waals surface area contributed by atoms with Crippen molar-refractivity contribution in [2.45, 2.75) is 18.4 Å². The molecule has 94 valence electrons. The third kappa shape index (κ3) is 3.24. The van der Waals surface area contributed by atoms with E-state index in [9.17, 15) is 0 Å². The van der Waals surface area contributed by atoms with E-state index in [2.05, 4.69) is 47.5 Å². The third-order valence-electron chi connectivity index (χ3n) is 3.48. The SMILES string of the molecule is C(#Cc1ccccc1)CNC1CC1c1ccccc1. The summed E-state index contributed by atoms with van der Waals surface area (Å²) < 4.78 is 0. The van der Waals surface area contributed by atoms with Crippen molar-refractivity contribution in [3.8, 4) is 11.8 Å². The minimum Gasteiger partial charge on any atom is -0.303 e. The highest BCUT2D eigenvalue weighted by atomic mass is 15.0. The van der Waals surface area contributed by atoms with Gasteiger partial charge in [0.05, 0.1) is 6.54 Å². The van der Waals surface area contributed by atoms with Crippen LogP contribution in [0.15, 0.2) is 60.7 Å². The van der Waals surface area contributed by atoms with E-state index in [0.29, 0.717) is 12.0 Å². The summed E-state index contributed by atoms with van der Waals surface area (Å²) in [6.07, 6.45) is 1.23. The van der Waals surface area contributed by atoms with E-state index in [1.807, 2.05) is 30.3 Å². The van der Waals surface area contributed by atoms with Gasteiger partial charge in [0.1, 0.15) is 0 Å². The first-order valence-corrected chi connectivity index (χ1v) is 6.76. The lowest BCUT2D eigenvalue weighted by molar-refractivity contribution is 0.741. The van der Waals surface area contributed by atoms with Gasteiger partial charge in [0, 0.05) is 17.5 Å². The van der Waals surface area contributed by atoms with Crippen LogP contribution in [0.1, 0.15) is 23.5 Å². The van der Waals surface area contributed by atoms with Gasteiger partial charge in [0.15, 0.2) is 0 Å². The van der Waals surface area contributed by atoms with Gasteiger partial charge < -0.3 is 5.32 Å². The molecule has 0 heterocycles. The monoisotopic (exact) mass is 247 g/mol. The maximum Gasteiger partial charge on any atom is 0.0582 e. The van der Waals surface area contributed by atoms with E-state index in [0.717, 1.165) is 12.1 Å². The molecule has 2 unspecified atom stereocenters. The van der Waals surface area contributed by atoms with E-state index in [-0.39, 0.29) is 0 Å². The van der Waals surface area contributed by atoms with E-state index in [4.69, 9.17) is 0 Å². The molecule has 0 spiro atoms. The topological polar surface area (TPSA) is 12.0 Å². The lowest BCUT2D eigenvalue weighted by atomic mass is 10.1. The van der Waals surface area contributed by atoms with Crippen molar-refractivity contribution in [3.05, 3.63) is 71.8 Å². The smallest absolute Gasteiger partial charge is 0.0582 e. The average molecular weight is 247 g/mol. The fraction of sp³-hybridized carbons (Fsp3) is 0.222. The van der Waals surface area contributed by atoms with Crippen LogP contribution in [-0.2, 0) is 0 Å². The van der Waals surface area contributed by atoms with Crippen molar-refractivity contribution >= 4 is 0 Å². The van der Waals surface area contributed by atoms with Crippen LogP contribution in [0.2, 0.25) is 0 Å². The Kier molecular flexibility index (Phi) is 3.63. The highest BCUT2D eigenvalue weighted by Gasteiger charge is 2.37. The molecular formula is C18H17N. The lowest BCUT2D eigenvalue weighted by Crippen LogP contribution is -2.17. The van der Waals surface area contributed by atoms with Gasteiger partial charge in [0.25, 0.3) is 0 Å². The zero-order chi connectivity index (χ0) is 12.9. The Morgan fingerprint density at radius 2 is 1.63 bits per heavy atom. The first kappa shape index (κ1) is 12.0. The molecule has 1 saturated carbocycles. The minimum atomic E-state index is 0.604.